The maximum atomic E-state index is 5.93. The number of likely N-dealkylation sites (tertiary alicyclic amines) is 1. The molecule has 0 aliphatic carbocycles. The molecule has 2 nitrogen and oxygen atoms in total. The van der Waals surface area contributed by atoms with Gasteiger partial charge >= 0.3 is 0 Å². The zero-order chi connectivity index (χ0) is 13.8. The van der Waals surface area contributed by atoms with E-state index in [9.17, 15) is 0 Å². The average Bonchev–Trinajstić information content (AvgIpc) is 2.39. The maximum Gasteiger partial charge on any atom is 0.0406 e. The molecule has 1 saturated heterocycles. The van der Waals surface area contributed by atoms with Crippen LogP contribution in [0.5, 0.6) is 0 Å². The number of hydrogen-bond donors (Lipinski definition) is 1. The molecule has 19 heavy (non-hydrogen) atoms. The molecule has 2 unspecified atom stereocenters. The Morgan fingerprint density at radius 2 is 1.95 bits per heavy atom. The quantitative estimate of drug-likeness (QED) is 0.904. The summed E-state index contributed by atoms with van der Waals surface area (Å²) in [4.78, 5) is 2.44. The van der Waals surface area contributed by atoms with Gasteiger partial charge in [-0.2, -0.15) is 0 Å². The molecule has 1 aromatic carbocycles. The third-order valence-electron chi connectivity index (χ3n) is 4.25. The Kier molecular flexibility index (Phi) is 5.26. The van der Waals surface area contributed by atoms with E-state index in [0.717, 1.165) is 10.9 Å². The first kappa shape index (κ1) is 14.8. The highest BCUT2D eigenvalue weighted by atomic mass is 35.5. The molecule has 0 radical (unpaired) electrons. The summed E-state index contributed by atoms with van der Waals surface area (Å²) in [6, 6.07) is 9.08. The minimum atomic E-state index is 0.375. The smallest absolute Gasteiger partial charge is 0.0406 e. The zero-order valence-electron chi connectivity index (χ0n) is 12.2. The van der Waals surface area contributed by atoms with E-state index in [1.54, 1.807) is 0 Å². The van der Waals surface area contributed by atoms with E-state index in [2.05, 4.69) is 43.2 Å². The molecule has 106 valence electrons. The van der Waals surface area contributed by atoms with Crippen molar-refractivity contribution in [1.29, 1.82) is 0 Å². The predicted molar refractivity (Wildman–Crippen MR) is 82.7 cm³/mol. The highest BCUT2D eigenvalue weighted by molar-refractivity contribution is 6.30. The molecule has 3 atom stereocenters. The van der Waals surface area contributed by atoms with Gasteiger partial charge in [-0.3, -0.25) is 0 Å². The fourth-order valence-corrected chi connectivity index (χ4v) is 3.12. The van der Waals surface area contributed by atoms with Crippen LogP contribution in [-0.2, 0) is 0 Å². The monoisotopic (exact) mass is 280 g/mol. The molecular weight excluding hydrogens is 256 g/mol. The summed E-state index contributed by atoms with van der Waals surface area (Å²) in [6.45, 7) is 7.00. The number of rotatable bonds is 4. The minimum Gasteiger partial charge on any atom is -0.307 e. The van der Waals surface area contributed by atoms with Gasteiger partial charge in [-0.25, -0.2) is 0 Å². The molecular formula is C16H25ClN2. The van der Waals surface area contributed by atoms with E-state index in [0.29, 0.717) is 12.1 Å². The Morgan fingerprint density at radius 1 is 1.26 bits per heavy atom. The van der Waals surface area contributed by atoms with Gasteiger partial charge < -0.3 is 10.2 Å². The standard InChI is InChI=1S/C16H25ClN2/c1-12(14-6-8-16(17)9-7-14)18-13(2)15-5-4-10-19(3)11-15/h6-9,12-13,15,18H,4-5,10-11H2,1-3H3/t12-,13?,15?/m0/s1. The van der Waals surface area contributed by atoms with Crippen molar-refractivity contribution < 1.29 is 0 Å². The zero-order valence-corrected chi connectivity index (χ0v) is 13.0. The van der Waals surface area contributed by atoms with Crippen LogP contribution in [0, 0.1) is 5.92 Å². The average molecular weight is 281 g/mol. The molecule has 0 bridgehead atoms. The van der Waals surface area contributed by atoms with Gasteiger partial charge in [0.1, 0.15) is 0 Å². The van der Waals surface area contributed by atoms with Crippen LogP contribution in [0.3, 0.4) is 0 Å². The summed E-state index contributed by atoms with van der Waals surface area (Å²) in [5.74, 6) is 0.758. The first-order valence-corrected chi connectivity index (χ1v) is 7.64. The summed E-state index contributed by atoms with van der Waals surface area (Å²) in [7, 11) is 2.22. The molecule has 0 saturated carbocycles. The van der Waals surface area contributed by atoms with Gasteiger partial charge in [0.15, 0.2) is 0 Å². The van der Waals surface area contributed by atoms with Crippen LogP contribution in [0.2, 0.25) is 5.02 Å². The lowest BCUT2D eigenvalue weighted by atomic mass is 9.91. The molecule has 1 fully saturated rings. The van der Waals surface area contributed by atoms with Crippen LogP contribution in [-0.4, -0.2) is 31.1 Å². The van der Waals surface area contributed by atoms with E-state index in [1.165, 1.54) is 31.5 Å². The molecule has 1 aromatic rings. The van der Waals surface area contributed by atoms with Crippen molar-refractivity contribution >= 4 is 11.6 Å². The second-order valence-electron chi connectivity index (χ2n) is 5.89. The lowest BCUT2D eigenvalue weighted by molar-refractivity contribution is 0.174. The molecule has 0 spiro atoms. The Bertz CT molecular complexity index is 390. The molecule has 0 amide bonds. The van der Waals surface area contributed by atoms with Crippen molar-refractivity contribution in [2.75, 3.05) is 20.1 Å². The predicted octanol–water partition coefficient (Wildman–Crippen LogP) is 3.72. The van der Waals surface area contributed by atoms with Crippen LogP contribution in [0.15, 0.2) is 24.3 Å². The number of halogens is 1. The summed E-state index contributed by atoms with van der Waals surface area (Å²) < 4.78 is 0. The highest BCUT2D eigenvalue weighted by Crippen LogP contribution is 2.22. The fourth-order valence-electron chi connectivity index (χ4n) is 2.99. The third kappa shape index (κ3) is 4.20. The minimum absolute atomic E-state index is 0.375. The van der Waals surface area contributed by atoms with Crippen molar-refractivity contribution in [3.05, 3.63) is 34.9 Å². The number of piperidine rings is 1. The topological polar surface area (TPSA) is 15.3 Å². The Labute approximate surface area is 122 Å². The maximum absolute atomic E-state index is 5.93. The van der Waals surface area contributed by atoms with Crippen LogP contribution >= 0.6 is 11.6 Å². The Balaban J connectivity index is 1.90. The Morgan fingerprint density at radius 3 is 2.58 bits per heavy atom. The summed E-state index contributed by atoms with van der Waals surface area (Å²) in [5.41, 5.74) is 1.31. The number of hydrogen-bond acceptors (Lipinski definition) is 2. The second-order valence-corrected chi connectivity index (χ2v) is 6.33. The van der Waals surface area contributed by atoms with Crippen molar-refractivity contribution in [3.8, 4) is 0 Å². The lowest BCUT2D eigenvalue weighted by Gasteiger charge is -2.35. The lowest BCUT2D eigenvalue weighted by Crippen LogP contribution is -2.43. The van der Waals surface area contributed by atoms with Gasteiger partial charge in [-0.1, -0.05) is 23.7 Å². The number of nitrogens with one attached hydrogen (secondary N) is 1. The van der Waals surface area contributed by atoms with Gasteiger partial charge in [-0.15, -0.1) is 0 Å². The number of nitrogens with zero attached hydrogens (tertiary/aromatic N) is 1. The Hall–Kier alpha value is -0.570. The van der Waals surface area contributed by atoms with Crippen LogP contribution in [0.4, 0.5) is 0 Å². The molecule has 1 heterocycles. The van der Waals surface area contributed by atoms with E-state index in [4.69, 9.17) is 11.6 Å². The van der Waals surface area contributed by atoms with E-state index < -0.39 is 0 Å². The van der Waals surface area contributed by atoms with Gasteiger partial charge in [0, 0.05) is 23.7 Å². The highest BCUT2D eigenvalue weighted by Gasteiger charge is 2.23. The molecule has 1 aliphatic heterocycles. The molecule has 1 N–H and O–H groups in total. The fraction of sp³-hybridized carbons (Fsp3) is 0.625. The van der Waals surface area contributed by atoms with Crippen LogP contribution < -0.4 is 5.32 Å². The largest absolute Gasteiger partial charge is 0.307 e. The molecule has 1 aliphatic rings. The first-order chi connectivity index (χ1) is 9.06. The molecule has 2 rings (SSSR count). The van der Waals surface area contributed by atoms with Crippen molar-refractivity contribution in [3.63, 3.8) is 0 Å². The van der Waals surface area contributed by atoms with E-state index in [-0.39, 0.29) is 0 Å². The second kappa shape index (κ2) is 6.74. The number of benzene rings is 1. The van der Waals surface area contributed by atoms with Crippen molar-refractivity contribution in [2.45, 2.75) is 38.8 Å². The third-order valence-corrected chi connectivity index (χ3v) is 4.50. The normalized spacial score (nSPS) is 24.1. The summed E-state index contributed by atoms with van der Waals surface area (Å²) in [5, 5.41) is 4.54. The summed E-state index contributed by atoms with van der Waals surface area (Å²) in [6.07, 6.45) is 2.66. The van der Waals surface area contributed by atoms with Gasteiger partial charge in [0.05, 0.1) is 0 Å². The first-order valence-electron chi connectivity index (χ1n) is 7.26. The SMILES string of the molecule is CC(N[C@@H](C)c1ccc(Cl)cc1)C1CCCN(C)C1. The van der Waals surface area contributed by atoms with E-state index in [1.807, 2.05) is 12.1 Å². The van der Waals surface area contributed by atoms with E-state index >= 15 is 0 Å². The van der Waals surface area contributed by atoms with Gasteiger partial charge in [0.25, 0.3) is 0 Å². The van der Waals surface area contributed by atoms with Gasteiger partial charge in [0.2, 0.25) is 0 Å². The summed E-state index contributed by atoms with van der Waals surface area (Å²) >= 11 is 5.93. The van der Waals surface area contributed by atoms with Crippen molar-refractivity contribution in [1.82, 2.24) is 10.2 Å². The van der Waals surface area contributed by atoms with Crippen molar-refractivity contribution in [2.24, 2.45) is 5.92 Å². The van der Waals surface area contributed by atoms with Crippen LogP contribution in [0.1, 0.15) is 38.3 Å². The molecule has 0 aromatic heterocycles. The van der Waals surface area contributed by atoms with Gasteiger partial charge in [-0.05, 0) is 63.9 Å². The molecule has 3 heteroatoms. The van der Waals surface area contributed by atoms with Crippen LogP contribution in [0.25, 0.3) is 0 Å².